The Labute approximate surface area is 104 Å². The van der Waals surface area contributed by atoms with E-state index in [1.165, 1.54) is 0 Å². The van der Waals surface area contributed by atoms with Crippen molar-refractivity contribution in [3.05, 3.63) is 0 Å². The van der Waals surface area contributed by atoms with Gasteiger partial charge in [0, 0.05) is 6.54 Å². The molecule has 0 aromatic rings. The second-order valence-corrected chi connectivity index (χ2v) is 5.52. The second kappa shape index (κ2) is 6.36. The molecule has 0 heterocycles. The smallest absolute Gasteiger partial charge is 0.237 e. The molecule has 0 bridgehead atoms. The third kappa shape index (κ3) is 4.64. The molecule has 1 saturated carbocycles. The lowest BCUT2D eigenvalue weighted by Crippen LogP contribution is -2.49. The van der Waals surface area contributed by atoms with Crippen LogP contribution in [-0.4, -0.2) is 29.2 Å². The Kier molecular flexibility index (Phi) is 5.40. The first-order valence-corrected chi connectivity index (χ1v) is 6.72. The van der Waals surface area contributed by atoms with E-state index in [1.54, 1.807) is 0 Å². The lowest BCUT2D eigenvalue weighted by Gasteiger charge is -2.35. The fourth-order valence-corrected chi connectivity index (χ4v) is 2.30. The number of carbonyl (C=O) groups excluding carboxylic acids is 1. The summed E-state index contributed by atoms with van der Waals surface area (Å²) >= 11 is 0. The minimum Gasteiger partial charge on any atom is -0.388 e. The van der Waals surface area contributed by atoms with Crippen molar-refractivity contribution in [2.24, 2.45) is 11.7 Å². The number of nitrogens with two attached hydrogens (primary N) is 1. The summed E-state index contributed by atoms with van der Waals surface area (Å²) in [5.41, 5.74) is 5.00. The van der Waals surface area contributed by atoms with Crippen LogP contribution in [0.3, 0.4) is 0 Å². The van der Waals surface area contributed by atoms with Crippen molar-refractivity contribution in [3.8, 4) is 0 Å². The third-order valence-electron chi connectivity index (χ3n) is 3.73. The molecule has 0 aromatic heterocycles. The zero-order valence-corrected chi connectivity index (χ0v) is 11.0. The standard InChI is InChI=1S/C13H26N2O2/c1-3-4-11(14)12(16)15-9-13(17)7-5-10(2)6-8-13/h10-11,17H,3-9,14H2,1-2H3,(H,15,16)/t10?,11-,13?/m0/s1. The highest BCUT2D eigenvalue weighted by Crippen LogP contribution is 2.31. The molecular formula is C13H26N2O2. The monoisotopic (exact) mass is 242 g/mol. The van der Waals surface area contributed by atoms with E-state index in [1.807, 2.05) is 6.92 Å². The van der Waals surface area contributed by atoms with Crippen LogP contribution < -0.4 is 11.1 Å². The SMILES string of the molecule is CCC[C@H](N)C(=O)NCC1(O)CCC(C)CC1. The van der Waals surface area contributed by atoms with Gasteiger partial charge in [-0.1, -0.05) is 20.3 Å². The van der Waals surface area contributed by atoms with Crippen LogP contribution in [0.1, 0.15) is 52.4 Å². The molecule has 100 valence electrons. The summed E-state index contributed by atoms with van der Waals surface area (Å²) in [5.74, 6) is 0.548. The van der Waals surface area contributed by atoms with Crippen molar-refractivity contribution in [1.82, 2.24) is 5.32 Å². The van der Waals surface area contributed by atoms with Crippen LogP contribution in [0.2, 0.25) is 0 Å². The van der Waals surface area contributed by atoms with E-state index in [4.69, 9.17) is 5.73 Å². The second-order valence-electron chi connectivity index (χ2n) is 5.52. The van der Waals surface area contributed by atoms with Crippen molar-refractivity contribution < 1.29 is 9.90 Å². The minimum absolute atomic E-state index is 0.140. The molecule has 0 radical (unpaired) electrons. The van der Waals surface area contributed by atoms with Gasteiger partial charge in [-0.15, -0.1) is 0 Å². The molecule has 1 amide bonds. The van der Waals surface area contributed by atoms with E-state index in [0.29, 0.717) is 18.9 Å². The van der Waals surface area contributed by atoms with Crippen molar-refractivity contribution in [2.45, 2.75) is 64.0 Å². The maximum absolute atomic E-state index is 11.6. The van der Waals surface area contributed by atoms with Crippen LogP contribution >= 0.6 is 0 Å². The predicted molar refractivity (Wildman–Crippen MR) is 68.5 cm³/mol. The summed E-state index contributed by atoms with van der Waals surface area (Å²) in [4.78, 5) is 11.6. The Morgan fingerprint density at radius 1 is 1.53 bits per heavy atom. The molecule has 0 aromatic carbocycles. The van der Waals surface area contributed by atoms with E-state index in [-0.39, 0.29) is 5.91 Å². The number of aliphatic hydroxyl groups is 1. The molecule has 0 aliphatic heterocycles. The van der Waals surface area contributed by atoms with Gasteiger partial charge in [-0.2, -0.15) is 0 Å². The van der Waals surface area contributed by atoms with Crippen LogP contribution in [0.25, 0.3) is 0 Å². The van der Waals surface area contributed by atoms with E-state index in [9.17, 15) is 9.90 Å². The van der Waals surface area contributed by atoms with Gasteiger partial charge in [-0.3, -0.25) is 4.79 Å². The molecule has 1 atom stereocenters. The number of hydrogen-bond donors (Lipinski definition) is 3. The Bertz CT molecular complexity index is 248. The molecule has 17 heavy (non-hydrogen) atoms. The molecule has 1 fully saturated rings. The highest BCUT2D eigenvalue weighted by molar-refractivity contribution is 5.81. The zero-order valence-electron chi connectivity index (χ0n) is 11.0. The Balaban J connectivity index is 2.32. The summed E-state index contributed by atoms with van der Waals surface area (Å²) in [5, 5.41) is 13.1. The van der Waals surface area contributed by atoms with Crippen LogP contribution in [0.5, 0.6) is 0 Å². The lowest BCUT2D eigenvalue weighted by atomic mass is 9.79. The van der Waals surface area contributed by atoms with E-state index in [2.05, 4.69) is 12.2 Å². The summed E-state index contributed by atoms with van der Waals surface area (Å²) < 4.78 is 0. The van der Waals surface area contributed by atoms with Gasteiger partial charge in [-0.25, -0.2) is 0 Å². The molecule has 0 spiro atoms. The topological polar surface area (TPSA) is 75.4 Å². The Hall–Kier alpha value is -0.610. The van der Waals surface area contributed by atoms with Crippen molar-refractivity contribution in [1.29, 1.82) is 0 Å². The van der Waals surface area contributed by atoms with Gasteiger partial charge < -0.3 is 16.2 Å². The van der Waals surface area contributed by atoms with E-state index >= 15 is 0 Å². The Morgan fingerprint density at radius 2 is 2.12 bits per heavy atom. The number of carbonyl (C=O) groups is 1. The van der Waals surface area contributed by atoms with Crippen LogP contribution in [0.15, 0.2) is 0 Å². The first-order chi connectivity index (χ1) is 7.97. The number of rotatable bonds is 5. The largest absolute Gasteiger partial charge is 0.388 e. The fourth-order valence-electron chi connectivity index (χ4n) is 2.30. The maximum atomic E-state index is 11.6. The normalized spacial score (nSPS) is 30.9. The molecule has 4 N–H and O–H groups in total. The van der Waals surface area contributed by atoms with Gasteiger partial charge in [0.25, 0.3) is 0 Å². The first-order valence-electron chi connectivity index (χ1n) is 6.72. The van der Waals surface area contributed by atoms with Crippen LogP contribution in [-0.2, 0) is 4.79 Å². The van der Waals surface area contributed by atoms with Gasteiger partial charge >= 0.3 is 0 Å². The predicted octanol–water partition coefficient (Wildman–Crippen LogP) is 1.17. The molecular weight excluding hydrogens is 216 g/mol. The van der Waals surface area contributed by atoms with Gasteiger partial charge in [0.1, 0.15) is 0 Å². The van der Waals surface area contributed by atoms with Crippen LogP contribution in [0.4, 0.5) is 0 Å². The molecule has 1 rings (SSSR count). The summed E-state index contributed by atoms with van der Waals surface area (Å²) in [7, 11) is 0. The lowest BCUT2D eigenvalue weighted by molar-refractivity contribution is -0.124. The first kappa shape index (κ1) is 14.5. The number of hydrogen-bond acceptors (Lipinski definition) is 3. The maximum Gasteiger partial charge on any atom is 0.237 e. The molecule has 1 aliphatic rings. The van der Waals surface area contributed by atoms with E-state index < -0.39 is 11.6 Å². The molecule has 0 unspecified atom stereocenters. The summed E-state index contributed by atoms with van der Waals surface area (Å²) in [6, 6.07) is -0.439. The van der Waals surface area contributed by atoms with Crippen molar-refractivity contribution in [3.63, 3.8) is 0 Å². The van der Waals surface area contributed by atoms with E-state index in [0.717, 1.165) is 32.1 Å². The van der Waals surface area contributed by atoms with Gasteiger partial charge in [-0.05, 0) is 38.0 Å². The van der Waals surface area contributed by atoms with Gasteiger partial charge in [0.2, 0.25) is 5.91 Å². The van der Waals surface area contributed by atoms with Crippen molar-refractivity contribution in [2.75, 3.05) is 6.54 Å². The zero-order chi connectivity index (χ0) is 12.9. The minimum atomic E-state index is -0.714. The molecule has 0 saturated heterocycles. The summed E-state index contributed by atoms with van der Waals surface area (Å²) in [6.45, 7) is 4.55. The highest BCUT2D eigenvalue weighted by Gasteiger charge is 2.32. The Morgan fingerprint density at radius 3 is 2.65 bits per heavy atom. The average molecular weight is 242 g/mol. The van der Waals surface area contributed by atoms with Gasteiger partial charge in [0.15, 0.2) is 0 Å². The quantitative estimate of drug-likeness (QED) is 0.677. The van der Waals surface area contributed by atoms with Crippen LogP contribution in [0, 0.1) is 5.92 Å². The molecule has 4 nitrogen and oxygen atoms in total. The van der Waals surface area contributed by atoms with Crippen molar-refractivity contribution >= 4 is 5.91 Å². The molecule has 4 heteroatoms. The number of amides is 1. The third-order valence-corrected chi connectivity index (χ3v) is 3.73. The average Bonchev–Trinajstić information content (AvgIpc) is 2.31. The molecule has 1 aliphatic carbocycles. The highest BCUT2D eigenvalue weighted by atomic mass is 16.3. The van der Waals surface area contributed by atoms with Gasteiger partial charge in [0.05, 0.1) is 11.6 Å². The summed E-state index contributed by atoms with van der Waals surface area (Å²) in [6.07, 6.45) is 5.22. The number of nitrogens with one attached hydrogen (secondary N) is 1. The fraction of sp³-hybridized carbons (Fsp3) is 0.923.